The molecule has 14 heavy (non-hydrogen) atoms. The Morgan fingerprint density at radius 3 is 2.86 bits per heavy atom. The average Bonchev–Trinajstić information content (AvgIpc) is 2.85. The van der Waals surface area contributed by atoms with Crippen LogP contribution in [0.15, 0.2) is 29.6 Å². The zero-order valence-electron chi connectivity index (χ0n) is 8.03. The standard InChI is InChI=1S/C11H12OS2/c1-2-12-8-9-5-6-11(14-9)10-4-3-7-13-10/h3-7H,2,8H2,1H3. The van der Waals surface area contributed by atoms with Crippen LogP contribution in [0.3, 0.4) is 0 Å². The molecule has 0 atom stereocenters. The maximum atomic E-state index is 5.36. The second-order valence-electron chi connectivity index (χ2n) is 2.88. The van der Waals surface area contributed by atoms with Crippen LogP contribution in [0.2, 0.25) is 0 Å². The van der Waals surface area contributed by atoms with Gasteiger partial charge in [-0.05, 0) is 30.5 Å². The highest BCUT2D eigenvalue weighted by molar-refractivity contribution is 7.21. The van der Waals surface area contributed by atoms with Gasteiger partial charge in [-0.25, -0.2) is 0 Å². The van der Waals surface area contributed by atoms with Gasteiger partial charge < -0.3 is 4.74 Å². The van der Waals surface area contributed by atoms with Crippen LogP contribution in [0.1, 0.15) is 11.8 Å². The van der Waals surface area contributed by atoms with Gasteiger partial charge in [-0.1, -0.05) is 6.07 Å². The Bertz CT molecular complexity index is 376. The molecule has 0 fully saturated rings. The Morgan fingerprint density at radius 1 is 1.21 bits per heavy atom. The van der Waals surface area contributed by atoms with Gasteiger partial charge in [0.05, 0.1) is 6.61 Å². The van der Waals surface area contributed by atoms with E-state index in [4.69, 9.17) is 4.74 Å². The van der Waals surface area contributed by atoms with Gasteiger partial charge in [0.1, 0.15) is 0 Å². The highest BCUT2D eigenvalue weighted by Gasteiger charge is 2.02. The first-order chi connectivity index (χ1) is 6.90. The molecule has 2 aromatic rings. The zero-order valence-corrected chi connectivity index (χ0v) is 9.66. The minimum Gasteiger partial charge on any atom is -0.376 e. The van der Waals surface area contributed by atoms with E-state index in [-0.39, 0.29) is 0 Å². The molecule has 0 aliphatic carbocycles. The Morgan fingerprint density at radius 2 is 2.14 bits per heavy atom. The summed E-state index contributed by atoms with van der Waals surface area (Å²) in [7, 11) is 0. The van der Waals surface area contributed by atoms with Crippen LogP contribution in [0.4, 0.5) is 0 Å². The predicted octanol–water partition coefficient (Wildman–Crippen LogP) is 4.01. The summed E-state index contributed by atoms with van der Waals surface area (Å²) in [4.78, 5) is 3.99. The Kier molecular flexibility index (Phi) is 3.35. The fourth-order valence-corrected chi connectivity index (χ4v) is 2.99. The molecular weight excluding hydrogens is 212 g/mol. The summed E-state index contributed by atoms with van der Waals surface area (Å²) in [5, 5.41) is 2.11. The molecule has 0 aliphatic rings. The average molecular weight is 224 g/mol. The van der Waals surface area contributed by atoms with Gasteiger partial charge in [0.2, 0.25) is 0 Å². The van der Waals surface area contributed by atoms with E-state index < -0.39 is 0 Å². The molecule has 0 saturated carbocycles. The van der Waals surface area contributed by atoms with Crippen LogP contribution in [-0.4, -0.2) is 6.61 Å². The summed E-state index contributed by atoms with van der Waals surface area (Å²) in [6.45, 7) is 3.55. The molecule has 0 saturated heterocycles. The van der Waals surface area contributed by atoms with Crippen LogP contribution in [-0.2, 0) is 11.3 Å². The van der Waals surface area contributed by atoms with E-state index >= 15 is 0 Å². The number of hydrogen-bond acceptors (Lipinski definition) is 3. The van der Waals surface area contributed by atoms with Gasteiger partial charge in [-0.2, -0.15) is 0 Å². The lowest BCUT2D eigenvalue weighted by atomic mass is 10.4. The molecule has 0 N–H and O–H groups in total. The molecule has 3 heteroatoms. The number of hydrogen-bond donors (Lipinski definition) is 0. The summed E-state index contributed by atoms with van der Waals surface area (Å²) in [6, 6.07) is 8.56. The molecule has 2 aromatic heterocycles. The monoisotopic (exact) mass is 224 g/mol. The maximum absolute atomic E-state index is 5.36. The first kappa shape index (κ1) is 9.90. The second-order valence-corrected chi connectivity index (χ2v) is 5.00. The molecule has 0 aliphatic heterocycles. The van der Waals surface area contributed by atoms with Crippen molar-refractivity contribution >= 4 is 22.7 Å². The first-order valence-corrected chi connectivity index (χ1v) is 6.30. The van der Waals surface area contributed by atoms with Gasteiger partial charge in [0, 0.05) is 21.2 Å². The summed E-state index contributed by atoms with van der Waals surface area (Å²) in [5.41, 5.74) is 0. The highest BCUT2D eigenvalue weighted by atomic mass is 32.1. The highest BCUT2D eigenvalue weighted by Crippen LogP contribution is 2.31. The van der Waals surface area contributed by atoms with E-state index in [9.17, 15) is 0 Å². The van der Waals surface area contributed by atoms with Crippen molar-refractivity contribution in [3.05, 3.63) is 34.5 Å². The molecule has 0 radical (unpaired) electrons. The SMILES string of the molecule is CCOCc1ccc(-c2cccs2)s1. The van der Waals surface area contributed by atoms with Crippen LogP contribution in [0.5, 0.6) is 0 Å². The van der Waals surface area contributed by atoms with Gasteiger partial charge in [-0.15, -0.1) is 22.7 Å². The molecule has 0 unspecified atom stereocenters. The molecule has 0 aromatic carbocycles. The summed E-state index contributed by atoms with van der Waals surface area (Å²) >= 11 is 3.60. The van der Waals surface area contributed by atoms with E-state index in [0.717, 1.165) is 13.2 Å². The molecule has 0 spiro atoms. The summed E-state index contributed by atoms with van der Waals surface area (Å²) in [5.74, 6) is 0. The van der Waals surface area contributed by atoms with Gasteiger partial charge in [0.15, 0.2) is 0 Å². The zero-order chi connectivity index (χ0) is 9.80. The van der Waals surface area contributed by atoms with E-state index in [1.807, 2.05) is 18.3 Å². The van der Waals surface area contributed by atoms with Gasteiger partial charge >= 0.3 is 0 Å². The van der Waals surface area contributed by atoms with Gasteiger partial charge in [-0.3, -0.25) is 0 Å². The maximum Gasteiger partial charge on any atom is 0.0809 e. The summed E-state index contributed by atoms with van der Waals surface area (Å²) in [6.07, 6.45) is 0. The fraction of sp³-hybridized carbons (Fsp3) is 0.273. The molecule has 74 valence electrons. The Labute approximate surface area is 92.0 Å². The van der Waals surface area contributed by atoms with E-state index in [2.05, 4.69) is 29.6 Å². The number of rotatable bonds is 4. The lowest BCUT2D eigenvalue weighted by Crippen LogP contribution is -1.87. The van der Waals surface area contributed by atoms with E-state index in [1.54, 1.807) is 11.3 Å². The van der Waals surface area contributed by atoms with Crippen molar-refractivity contribution in [1.29, 1.82) is 0 Å². The lowest BCUT2D eigenvalue weighted by molar-refractivity contribution is 0.136. The van der Waals surface area contributed by atoms with Crippen LogP contribution in [0, 0.1) is 0 Å². The van der Waals surface area contributed by atoms with E-state index in [1.165, 1.54) is 14.6 Å². The van der Waals surface area contributed by atoms with Crippen molar-refractivity contribution in [2.45, 2.75) is 13.5 Å². The van der Waals surface area contributed by atoms with Crippen molar-refractivity contribution in [3.8, 4) is 9.75 Å². The summed E-state index contributed by atoms with van der Waals surface area (Å²) < 4.78 is 5.36. The lowest BCUT2D eigenvalue weighted by Gasteiger charge is -1.95. The Balaban J connectivity index is 2.10. The van der Waals surface area contributed by atoms with Crippen LogP contribution in [0.25, 0.3) is 9.75 Å². The molecule has 2 rings (SSSR count). The van der Waals surface area contributed by atoms with Crippen molar-refractivity contribution in [3.63, 3.8) is 0 Å². The van der Waals surface area contributed by atoms with Crippen molar-refractivity contribution in [2.75, 3.05) is 6.61 Å². The smallest absolute Gasteiger partial charge is 0.0809 e. The minimum absolute atomic E-state index is 0.743. The Hall–Kier alpha value is -0.640. The predicted molar refractivity (Wildman–Crippen MR) is 63.0 cm³/mol. The topological polar surface area (TPSA) is 9.23 Å². The molecular formula is C11H12OS2. The normalized spacial score (nSPS) is 10.6. The third kappa shape index (κ3) is 2.23. The number of thiophene rings is 2. The van der Waals surface area contributed by atoms with Crippen LogP contribution >= 0.6 is 22.7 Å². The third-order valence-electron chi connectivity index (χ3n) is 1.87. The molecule has 0 bridgehead atoms. The number of ether oxygens (including phenoxy) is 1. The molecule has 0 amide bonds. The van der Waals surface area contributed by atoms with Crippen molar-refractivity contribution in [2.24, 2.45) is 0 Å². The fourth-order valence-electron chi connectivity index (χ4n) is 1.21. The molecule has 2 heterocycles. The van der Waals surface area contributed by atoms with Gasteiger partial charge in [0.25, 0.3) is 0 Å². The first-order valence-electron chi connectivity index (χ1n) is 4.60. The van der Waals surface area contributed by atoms with Crippen LogP contribution < -0.4 is 0 Å². The minimum atomic E-state index is 0.743. The quantitative estimate of drug-likeness (QED) is 0.762. The van der Waals surface area contributed by atoms with Crippen molar-refractivity contribution < 1.29 is 4.74 Å². The van der Waals surface area contributed by atoms with E-state index in [0.29, 0.717) is 0 Å². The third-order valence-corrected chi connectivity index (χ3v) is 4.00. The molecule has 1 nitrogen and oxygen atoms in total. The second kappa shape index (κ2) is 4.73. The largest absolute Gasteiger partial charge is 0.376 e. The van der Waals surface area contributed by atoms with Crippen molar-refractivity contribution in [1.82, 2.24) is 0 Å².